The maximum atomic E-state index is 14.0. The molecule has 1 saturated carbocycles. The zero-order valence-corrected chi connectivity index (χ0v) is 18.4. The number of likely N-dealkylation sites (N-methyl/N-ethyl adjacent to an activating group) is 1. The Balaban J connectivity index is 1.83. The molecule has 6 heteroatoms. The Labute approximate surface area is 183 Å². The summed E-state index contributed by atoms with van der Waals surface area (Å²) in [5, 5.41) is 13.9. The molecule has 2 N–H and O–H groups in total. The first-order chi connectivity index (χ1) is 14.7. The third-order valence-electron chi connectivity index (χ3n) is 6.58. The number of halogens is 1. The van der Waals surface area contributed by atoms with Gasteiger partial charge in [-0.2, -0.15) is 0 Å². The van der Waals surface area contributed by atoms with E-state index in [0.29, 0.717) is 37.8 Å². The summed E-state index contributed by atoms with van der Waals surface area (Å²) in [6.45, 7) is 3.63. The highest BCUT2D eigenvalue weighted by molar-refractivity contribution is 5.94. The number of benzene rings is 2. The van der Waals surface area contributed by atoms with Crippen molar-refractivity contribution >= 4 is 11.8 Å². The van der Waals surface area contributed by atoms with Crippen LogP contribution in [0.1, 0.15) is 54.1 Å². The first kappa shape index (κ1) is 22.9. The maximum absolute atomic E-state index is 14.0. The lowest BCUT2D eigenvalue weighted by Crippen LogP contribution is -2.44. The standard InChI is InChI=1S/C25H31FN2O3/c1-17-9-10-19(15-21(17)26)24(31)28(3)22-11-13-25(14-12-23(22)30,16-27-18(2)29)20-7-5-4-6-8-20/h4-10,15,22-23,30H,11-14,16H2,1-3H3,(H,27,29)/t22-,23-,25-/m1/s1. The van der Waals surface area contributed by atoms with E-state index in [9.17, 15) is 19.1 Å². The maximum Gasteiger partial charge on any atom is 0.254 e. The number of carbonyl (C=O) groups is 2. The summed E-state index contributed by atoms with van der Waals surface area (Å²) in [6, 6.07) is 14.1. The number of aryl methyl sites for hydroxylation is 1. The molecule has 0 saturated heterocycles. The van der Waals surface area contributed by atoms with Gasteiger partial charge in [-0.15, -0.1) is 0 Å². The molecule has 31 heavy (non-hydrogen) atoms. The lowest BCUT2D eigenvalue weighted by atomic mass is 9.74. The highest BCUT2D eigenvalue weighted by atomic mass is 19.1. The SMILES string of the molecule is CC(=O)NC[C@]1(c2ccccc2)CC[C@@H](O)[C@H](N(C)C(=O)c2ccc(C)c(F)c2)CC1. The van der Waals surface area contributed by atoms with E-state index < -0.39 is 11.9 Å². The van der Waals surface area contributed by atoms with E-state index in [1.807, 2.05) is 18.2 Å². The second-order valence-corrected chi connectivity index (χ2v) is 8.65. The fourth-order valence-corrected chi connectivity index (χ4v) is 4.54. The molecule has 3 rings (SSSR count). The van der Waals surface area contributed by atoms with Gasteiger partial charge in [0.05, 0.1) is 12.1 Å². The molecule has 3 atom stereocenters. The van der Waals surface area contributed by atoms with Crippen molar-refractivity contribution in [1.29, 1.82) is 0 Å². The molecule has 166 valence electrons. The molecule has 0 aromatic heterocycles. The van der Waals surface area contributed by atoms with Crippen LogP contribution in [0.3, 0.4) is 0 Å². The number of rotatable bonds is 5. The molecule has 1 aliphatic carbocycles. The van der Waals surface area contributed by atoms with Crippen molar-refractivity contribution in [2.45, 2.75) is 57.1 Å². The Hall–Kier alpha value is -2.73. The van der Waals surface area contributed by atoms with Gasteiger partial charge in [0.2, 0.25) is 5.91 Å². The number of nitrogens with one attached hydrogen (secondary N) is 1. The van der Waals surface area contributed by atoms with Crippen LogP contribution in [0.25, 0.3) is 0 Å². The predicted molar refractivity (Wildman–Crippen MR) is 118 cm³/mol. The average molecular weight is 427 g/mol. The Morgan fingerprint density at radius 1 is 1.16 bits per heavy atom. The van der Waals surface area contributed by atoms with Gasteiger partial charge in [0, 0.05) is 31.5 Å². The highest BCUT2D eigenvalue weighted by Crippen LogP contribution is 2.39. The van der Waals surface area contributed by atoms with Crippen molar-refractivity contribution in [2.75, 3.05) is 13.6 Å². The number of aliphatic hydroxyl groups is 1. The zero-order chi connectivity index (χ0) is 22.6. The Morgan fingerprint density at radius 2 is 1.84 bits per heavy atom. The van der Waals surface area contributed by atoms with E-state index in [-0.39, 0.29) is 28.8 Å². The van der Waals surface area contributed by atoms with Crippen LogP contribution in [0.2, 0.25) is 0 Å². The molecule has 2 aromatic carbocycles. The Bertz CT molecular complexity index is 934. The normalized spacial score (nSPS) is 23.6. The van der Waals surface area contributed by atoms with E-state index in [0.717, 1.165) is 5.56 Å². The van der Waals surface area contributed by atoms with Crippen LogP contribution in [0.5, 0.6) is 0 Å². The second kappa shape index (κ2) is 9.60. The van der Waals surface area contributed by atoms with Crippen molar-refractivity contribution < 1.29 is 19.1 Å². The average Bonchev–Trinajstić information content (AvgIpc) is 2.93. The molecule has 2 amide bonds. The van der Waals surface area contributed by atoms with Crippen molar-refractivity contribution in [3.05, 3.63) is 71.0 Å². The molecule has 0 unspecified atom stereocenters. The largest absolute Gasteiger partial charge is 0.391 e. The van der Waals surface area contributed by atoms with E-state index in [1.54, 1.807) is 26.1 Å². The van der Waals surface area contributed by atoms with E-state index in [2.05, 4.69) is 17.4 Å². The van der Waals surface area contributed by atoms with Crippen molar-refractivity contribution in [1.82, 2.24) is 10.2 Å². The number of nitrogens with zero attached hydrogens (tertiary/aromatic N) is 1. The van der Waals surface area contributed by atoms with Gasteiger partial charge >= 0.3 is 0 Å². The van der Waals surface area contributed by atoms with Gasteiger partial charge < -0.3 is 15.3 Å². The number of hydrogen-bond acceptors (Lipinski definition) is 3. The topological polar surface area (TPSA) is 69.6 Å². The van der Waals surface area contributed by atoms with E-state index in [1.165, 1.54) is 17.9 Å². The third kappa shape index (κ3) is 5.13. The van der Waals surface area contributed by atoms with Crippen LogP contribution < -0.4 is 5.32 Å². The molecule has 5 nitrogen and oxygen atoms in total. The monoisotopic (exact) mass is 426 g/mol. The summed E-state index contributed by atoms with van der Waals surface area (Å²) >= 11 is 0. The van der Waals surface area contributed by atoms with Gasteiger partial charge in [0.25, 0.3) is 5.91 Å². The molecule has 0 aliphatic heterocycles. The quantitative estimate of drug-likeness (QED) is 0.718. The fourth-order valence-electron chi connectivity index (χ4n) is 4.54. The molecule has 0 bridgehead atoms. The first-order valence-corrected chi connectivity index (χ1v) is 10.7. The number of amides is 2. The summed E-state index contributed by atoms with van der Waals surface area (Å²) < 4.78 is 14.0. The smallest absolute Gasteiger partial charge is 0.254 e. The third-order valence-corrected chi connectivity index (χ3v) is 6.58. The number of aliphatic hydroxyl groups excluding tert-OH is 1. The Kier molecular flexibility index (Phi) is 7.11. The summed E-state index contributed by atoms with van der Waals surface area (Å²) in [5.74, 6) is -0.818. The van der Waals surface area contributed by atoms with Crippen LogP contribution in [-0.2, 0) is 10.2 Å². The molecule has 0 spiro atoms. The summed E-state index contributed by atoms with van der Waals surface area (Å²) in [6.07, 6.45) is 1.77. The number of carbonyl (C=O) groups excluding carboxylic acids is 2. The molecular weight excluding hydrogens is 395 g/mol. The summed E-state index contributed by atoms with van der Waals surface area (Å²) in [5.41, 5.74) is 1.56. The zero-order valence-electron chi connectivity index (χ0n) is 18.4. The van der Waals surface area contributed by atoms with E-state index >= 15 is 0 Å². The van der Waals surface area contributed by atoms with Crippen molar-refractivity contribution in [3.63, 3.8) is 0 Å². The summed E-state index contributed by atoms with van der Waals surface area (Å²) in [7, 11) is 1.66. The molecule has 2 aromatic rings. The van der Waals surface area contributed by atoms with Crippen molar-refractivity contribution in [3.8, 4) is 0 Å². The van der Waals surface area contributed by atoms with Gasteiger partial charge in [-0.3, -0.25) is 9.59 Å². The van der Waals surface area contributed by atoms with Gasteiger partial charge in [0.15, 0.2) is 0 Å². The second-order valence-electron chi connectivity index (χ2n) is 8.65. The van der Waals surface area contributed by atoms with Gasteiger partial charge in [-0.1, -0.05) is 36.4 Å². The van der Waals surface area contributed by atoms with E-state index in [4.69, 9.17) is 0 Å². The van der Waals surface area contributed by atoms with Crippen LogP contribution in [0.4, 0.5) is 4.39 Å². The minimum atomic E-state index is -0.702. The van der Waals surface area contributed by atoms with Gasteiger partial charge in [-0.25, -0.2) is 4.39 Å². The molecule has 1 aliphatic rings. The van der Waals surface area contributed by atoms with Crippen molar-refractivity contribution in [2.24, 2.45) is 0 Å². The predicted octanol–water partition coefficient (Wildman–Crippen LogP) is 3.58. The fraction of sp³-hybridized carbons (Fsp3) is 0.440. The first-order valence-electron chi connectivity index (χ1n) is 10.7. The van der Waals surface area contributed by atoms with Crippen LogP contribution in [0.15, 0.2) is 48.5 Å². The highest BCUT2D eigenvalue weighted by Gasteiger charge is 2.40. The molecule has 0 radical (unpaired) electrons. The van der Waals surface area contributed by atoms with Crippen LogP contribution >= 0.6 is 0 Å². The minimum absolute atomic E-state index is 0.0923. The minimum Gasteiger partial charge on any atom is -0.391 e. The number of hydrogen-bond donors (Lipinski definition) is 2. The van der Waals surface area contributed by atoms with Crippen LogP contribution in [0, 0.1) is 12.7 Å². The van der Waals surface area contributed by atoms with Crippen LogP contribution in [-0.4, -0.2) is 47.6 Å². The summed E-state index contributed by atoms with van der Waals surface area (Å²) in [4.78, 5) is 26.2. The molecule has 0 heterocycles. The molecule has 1 fully saturated rings. The lowest BCUT2D eigenvalue weighted by molar-refractivity contribution is -0.119. The lowest BCUT2D eigenvalue weighted by Gasteiger charge is -2.34. The molecular formula is C25H31FN2O3. The van der Waals surface area contributed by atoms with Gasteiger partial charge in [0.1, 0.15) is 5.82 Å². The van der Waals surface area contributed by atoms with Gasteiger partial charge in [-0.05, 0) is 55.9 Å². The Morgan fingerprint density at radius 3 is 2.48 bits per heavy atom.